The van der Waals surface area contributed by atoms with Gasteiger partial charge in [0.2, 0.25) is 0 Å². The third-order valence-electron chi connectivity index (χ3n) is 2.17. The Morgan fingerprint density at radius 3 is 2.41 bits per heavy atom. The Balaban J connectivity index is 2.12. The van der Waals surface area contributed by atoms with Crippen molar-refractivity contribution in [2.24, 2.45) is 16.1 Å². The molecule has 86 valence electrons. The summed E-state index contributed by atoms with van der Waals surface area (Å²) in [4.78, 5) is 4.05. The molecular formula is C12H13N5. The van der Waals surface area contributed by atoms with Gasteiger partial charge in [0, 0.05) is 13.2 Å². The van der Waals surface area contributed by atoms with Crippen LogP contribution in [0.5, 0.6) is 0 Å². The van der Waals surface area contributed by atoms with Gasteiger partial charge in [-0.2, -0.15) is 0 Å². The number of pyridine rings is 1. The second-order valence-electron chi connectivity index (χ2n) is 3.52. The molecule has 0 aliphatic rings. The molecule has 0 aliphatic heterocycles. The van der Waals surface area contributed by atoms with E-state index in [-0.39, 0.29) is 0 Å². The van der Waals surface area contributed by atoms with E-state index in [1.165, 1.54) is 0 Å². The standard InChI is InChI=1S/C12H13N5/c1-17(13)11-7-5-10(6-8-11)15-16-12-4-2-3-9-14-12/h2-9H,13H2,1H3. The zero-order valence-electron chi connectivity index (χ0n) is 9.49. The number of anilines is 1. The first kappa shape index (κ1) is 11.2. The van der Waals surface area contributed by atoms with Crippen LogP contribution in [0.3, 0.4) is 0 Å². The van der Waals surface area contributed by atoms with Crippen LogP contribution in [-0.2, 0) is 0 Å². The Morgan fingerprint density at radius 2 is 1.82 bits per heavy atom. The summed E-state index contributed by atoms with van der Waals surface area (Å²) in [5, 5.41) is 9.64. The quantitative estimate of drug-likeness (QED) is 0.498. The van der Waals surface area contributed by atoms with Gasteiger partial charge in [0.25, 0.3) is 0 Å². The van der Waals surface area contributed by atoms with Gasteiger partial charge in [0.15, 0.2) is 5.82 Å². The zero-order valence-corrected chi connectivity index (χ0v) is 9.49. The molecule has 5 nitrogen and oxygen atoms in total. The highest BCUT2D eigenvalue weighted by Crippen LogP contribution is 2.19. The number of azo groups is 1. The predicted octanol–water partition coefficient (Wildman–Crippen LogP) is 2.81. The first-order valence-electron chi connectivity index (χ1n) is 5.17. The number of hydrogen-bond acceptors (Lipinski definition) is 5. The fraction of sp³-hybridized carbons (Fsp3) is 0.0833. The van der Waals surface area contributed by atoms with Gasteiger partial charge in [-0.05, 0) is 36.4 Å². The highest BCUT2D eigenvalue weighted by molar-refractivity contribution is 5.51. The van der Waals surface area contributed by atoms with Crippen LogP contribution in [0, 0.1) is 0 Å². The zero-order chi connectivity index (χ0) is 12.1. The molecule has 5 heteroatoms. The summed E-state index contributed by atoms with van der Waals surface area (Å²) >= 11 is 0. The number of rotatable bonds is 3. The second kappa shape index (κ2) is 5.18. The molecule has 2 rings (SSSR count). The largest absolute Gasteiger partial charge is 0.314 e. The lowest BCUT2D eigenvalue weighted by Gasteiger charge is -2.10. The molecule has 17 heavy (non-hydrogen) atoms. The van der Waals surface area contributed by atoms with E-state index < -0.39 is 0 Å². The van der Waals surface area contributed by atoms with E-state index in [1.54, 1.807) is 24.3 Å². The number of benzene rings is 1. The Kier molecular flexibility index (Phi) is 3.42. The van der Waals surface area contributed by atoms with Crippen LogP contribution in [-0.4, -0.2) is 12.0 Å². The summed E-state index contributed by atoms with van der Waals surface area (Å²) in [6.07, 6.45) is 1.68. The maximum Gasteiger partial charge on any atom is 0.174 e. The van der Waals surface area contributed by atoms with Crippen LogP contribution in [0.2, 0.25) is 0 Å². The summed E-state index contributed by atoms with van der Waals surface area (Å²) in [5.74, 6) is 6.19. The number of aromatic nitrogens is 1. The molecule has 1 aromatic carbocycles. The van der Waals surface area contributed by atoms with Gasteiger partial charge < -0.3 is 5.01 Å². The molecule has 0 saturated heterocycles. The van der Waals surface area contributed by atoms with Crippen LogP contribution < -0.4 is 10.9 Å². The lowest BCUT2D eigenvalue weighted by Crippen LogP contribution is -2.24. The van der Waals surface area contributed by atoms with Crippen LogP contribution in [0.1, 0.15) is 0 Å². The van der Waals surface area contributed by atoms with Gasteiger partial charge in [-0.15, -0.1) is 10.2 Å². The second-order valence-corrected chi connectivity index (χ2v) is 3.52. The Labute approximate surface area is 99.6 Å². The first-order valence-corrected chi connectivity index (χ1v) is 5.17. The lowest BCUT2D eigenvalue weighted by molar-refractivity contribution is 1.02. The minimum absolute atomic E-state index is 0.590. The fourth-order valence-electron chi connectivity index (χ4n) is 1.28. The molecule has 0 spiro atoms. The average Bonchev–Trinajstić information content (AvgIpc) is 2.38. The number of hydrogen-bond donors (Lipinski definition) is 1. The smallest absolute Gasteiger partial charge is 0.174 e. The topological polar surface area (TPSA) is 66.9 Å². The number of hydrazine groups is 1. The molecular weight excluding hydrogens is 214 g/mol. The van der Waals surface area contributed by atoms with Gasteiger partial charge in [0.05, 0.1) is 11.4 Å². The number of nitrogens with zero attached hydrogens (tertiary/aromatic N) is 4. The van der Waals surface area contributed by atoms with Crippen molar-refractivity contribution in [2.45, 2.75) is 0 Å². The van der Waals surface area contributed by atoms with E-state index in [1.807, 2.05) is 36.4 Å². The van der Waals surface area contributed by atoms with E-state index in [4.69, 9.17) is 5.84 Å². The van der Waals surface area contributed by atoms with E-state index in [9.17, 15) is 0 Å². The van der Waals surface area contributed by atoms with E-state index >= 15 is 0 Å². The third kappa shape index (κ3) is 3.09. The molecule has 2 aromatic rings. The molecule has 0 aliphatic carbocycles. The minimum Gasteiger partial charge on any atom is -0.314 e. The maximum absolute atomic E-state index is 5.60. The molecule has 0 radical (unpaired) electrons. The molecule has 2 N–H and O–H groups in total. The minimum atomic E-state index is 0.590. The van der Waals surface area contributed by atoms with E-state index in [0.29, 0.717) is 5.82 Å². The molecule has 1 heterocycles. The normalized spacial score (nSPS) is 10.7. The van der Waals surface area contributed by atoms with Crippen molar-refractivity contribution in [2.75, 3.05) is 12.1 Å². The molecule has 0 unspecified atom stereocenters. The summed E-state index contributed by atoms with van der Waals surface area (Å²) in [6, 6.07) is 13.0. The fourth-order valence-corrected chi connectivity index (χ4v) is 1.28. The van der Waals surface area contributed by atoms with E-state index in [2.05, 4.69) is 15.2 Å². The number of nitrogens with two attached hydrogens (primary N) is 1. The highest BCUT2D eigenvalue weighted by Gasteiger charge is 1.95. The van der Waals surface area contributed by atoms with Crippen LogP contribution in [0.15, 0.2) is 58.9 Å². The van der Waals surface area contributed by atoms with Crippen molar-refractivity contribution in [3.05, 3.63) is 48.7 Å². The van der Waals surface area contributed by atoms with Gasteiger partial charge >= 0.3 is 0 Å². The van der Waals surface area contributed by atoms with E-state index in [0.717, 1.165) is 11.4 Å². The summed E-state index contributed by atoms with van der Waals surface area (Å²) < 4.78 is 0. The molecule has 0 fully saturated rings. The lowest BCUT2D eigenvalue weighted by atomic mass is 10.3. The molecule has 0 amide bonds. The summed E-state index contributed by atoms with van der Waals surface area (Å²) in [6.45, 7) is 0. The third-order valence-corrected chi connectivity index (χ3v) is 2.17. The highest BCUT2D eigenvalue weighted by atomic mass is 15.4. The van der Waals surface area contributed by atoms with Gasteiger partial charge in [-0.25, -0.2) is 10.8 Å². The summed E-state index contributed by atoms with van der Waals surface area (Å²) in [7, 11) is 1.78. The summed E-state index contributed by atoms with van der Waals surface area (Å²) in [5.41, 5.74) is 1.68. The average molecular weight is 227 g/mol. The van der Waals surface area contributed by atoms with Crippen molar-refractivity contribution in [1.29, 1.82) is 0 Å². The maximum atomic E-state index is 5.60. The molecule has 0 atom stereocenters. The molecule has 0 saturated carbocycles. The van der Waals surface area contributed by atoms with Crippen LogP contribution >= 0.6 is 0 Å². The predicted molar refractivity (Wildman–Crippen MR) is 67.4 cm³/mol. The molecule has 0 bridgehead atoms. The van der Waals surface area contributed by atoms with Gasteiger partial charge in [0.1, 0.15) is 0 Å². The monoisotopic (exact) mass is 227 g/mol. The Morgan fingerprint density at radius 1 is 1.06 bits per heavy atom. The van der Waals surface area contributed by atoms with Gasteiger partial charge in [-0.3, -0.25) is 0 Å². The molecule has 1 aromatic heterocycles. The van der Waals surface area contributed by atoms with Crippen molar-refractivity contribution in [3.8, 4) is 0 Å². The van der Waals surface area contributed by atoms with Crippen molar-refractivity contribution >= 4 is 17.2 Å². The van der Waals surface area contributed by atoms with Crippen molar-refractivity contribution in [3.63, 3.8) is 0 Å². The van der Waals surface area contributed by atoms with Gasteiger partial charge in [-0.1, -0.05) is 6.07 Å². The van der Waals surface area contributed by atoms with Crippen LogP contribution in [0.4, 0.5) is 17.2 Å². The first-order chi connectivity index (χ1) is 8.25. The van der Waals surface area contributed by atoms with Crippen molar-refractivity contribution < 1.29 is 0 Å². The SMILES string of the molecule is CN(N)c1ccc(N=Nc2ccccn2)cc1. The van der Waals surface area contributed by atoms with Crippen LogP contribution in [0.25, 0.3) is 0 Å². The van der Waals surface area contributed by atoms with Crippen molar-refractivity contribution in [1.82, 2.24) is 4.98 Å². The Hall–Kier alpha value is -2.27. The Bertz CT molecular complexity index is 490.